The monoisotopic (exact) mass is 338 g/mol. The Kier molecular flexibility index (Phi) is 4.57. The molecule has 5 nitrogen and oxygen atoms in total. The Morgan fingerprint density at radius 3 is 2.54 bits per heavy atom. The minimum absolute atomic E-state index is 0.146. The molecule has 0 aliphatic heterocycles. The molecule has 1 heterocycles. The van der Waals surface area contributed by atoms with Gasteiger partial charge in [0.05, 0.1) is 16.6 Å². The van der Waals surface area contributed by atoms with Crippen molar-refractivity contribution in [3.05, 3.63) is 77.9 Å². The van der Waals surface area contributed by atoms with E-state index in [1.807, 2.05) is 42.1 Å². The van der Waals surface area contributed by atoms with Gasteiger partial charge in [0, 0.05) is 25.0 Å². The number of aryl methyl sites for hydroxylation is 1. The zero-order valence-corrected chi connectivity index (χ0v) is 14.1. The Labute approximate surface area is 145 Å². The molecule has 0 saturated carbocycles. The van der Waals surface area contributed by atoms with Crippen LogP contribution in [0.3, 0.4) is 0 Å². The lowest BCUT2D eigenvalue weighted by molar-refractivity contribution is 0.102. The number of nitrogens with zero attached hydrogens (tertiary/aromatic N) is 2. The van der Waals surface area contributed by atoms with E-state index in [1.165, 1.54) is 0 Å². The molecule has 0 spiro atoms. The summed E-state index contributed by atoms with van der Waals surface area (Å²) in [4.78, 5) is 16.6. The van der Waals surface area contributed by atoms with Crippen molar-refractivity contribution < 1.29 is 4.79 Å². The highest BCUT2D eigenvalue weighted by Gasteiger charge is 2.15. The highest BCUT2D eigenvalue weighted by molar-refractivity contribution is 7.80. The van der Waals surface area contributed by atoms with Gasteiger partial charge in [-0.2, -0.15) is 12.6 Å². The van der Waals surface area contributed by atoms with E-state index >= 15 is 0 Å². The number of rotatable bonds is 4. The summed E-state index contributed by atoms with van der Waals surface area (Å²) in [6.45, 7) is 0. The van der Waals surface area contributed by atoms with Gasteiger partial charge in [-0.05, 0) is 29.8 Å². The van der Waals surface area contributed by atoms with Crippen LogP contribution in [0.25, 0.3) is 0 Å². The smallest absolute Gasteiger partial charge is 0.255 e. The summed E-state index contributed by atoms with van der Waals surface area (Å²) in [5, 5.41) is 2.67. The molecule has 1 atom stereocenters. The standard InChI is InChI=1S/C18H18N4OS/c1-22-11-10-20-17(22)16(24)12-6-8-13(9-7-12)18(23)21-15-5-3-2-4-14(15)19/h2-11,16,24H,19H2,1H3,(H,21,23). The van der Waals surface area contributed by atoms with E-state index in [4.69, 9.17) is 5.73 Å². The van der Waals surface area contributed by atoms with Crippen molar-refractivity contribution in [3.8, 4) is 0 Å². The first kappa shape index (κ1) is 16.1. The maximum absolute atomic E-state index is 12.3. The van der Waals surface area contributed by atoms with Gasteiger partial charge in [0.2, 0.25) is 0 Å². The average Bonchev–Trinajstić information content (AvgIpc) is 3.02. The summed E-state index contributed by atoms with van der Waals surface area (Å²) in [6, 6.07) is 14.5. The van der Waals surface area contributed by atoms with E-state index in [1.54, 1.807) is 30.5 Å². The van der Waals surface area contributed by atoms with Gasteiger partial charge in [-0.1, -0.05) is 24.3 Å². The summed E-state index contributed by atoms with van der Waals surface area (Å²) >= 11 is 4.62. The van der Waals surface area contributed by atoms with E-state index < -0.39 is 0 Å². The number of carbonyl (C=O) groups excluding carboxylic acids is 1. The lowest BCUT2D eigenvalue weighted by Crippen LogP contribution is -2.13. The van der Waals surface area contributed by atoms with Gasteiger partial charge < -0.3 is 15.6 Å². The number of amides is 1. The number of nitrogens with one attached hydrogen (secondary N) is 1. The first-order chi connectivity index (χ1) is 11.6. The van der Waals surface area contributed by atoms with Crippen LogP contribution in [0.15, 0.2) is 60.9 Å². The minimum Gasteiger partial charge on any atom is -0.397 e. The number of imidazole rings is 1. The molecule has 0 aliphatic rings. The van der Waals surface area contributed by atoms with Gasteiger partial charge in [0.1, 0.15) is 5.82 Å². The normalized spacial score (nSPS) is 11.9. The Balaban J connectivity index is 1.76. The van der Waals surface area contributed by atoms with Crippen molar-refractivity contribution in [3.63, 3.8) is 0 Å². The summed E-state index contributed by atoms with van der Waals surface area (Å²) in [7, 11) is 1.93. The van der Waals surface area contributed by atoms with Crippen LogP contribution in [0.1, 0.15) is 27.0 Å². The van der Waals surface area contributed by atoms with Crippen molar-refractivity contribution in [2.24, 2.45) is 7.05 Å². The molecule has 1 unspecified atom stereocenters. The fourth-order valence-electron chi connectivity index (χ4n) is 2.41. The van der Waals surface area contributed by atoms with Gasteiger partial charge in [-0.15, -0.1) is 0 Å². The lowest BCUT2D eigenvalue weighted by atomic mass is 10.1. The molecule has 1 amide bonds. The third-order valence-electron chi connectivity index (χ3n) is 3.80. The van der Waals surface area contributed by atoms with Crippen LogP contribution >= 0.6 is 12.6 Å². The highest BCUT2D eigenvalue weighted by atomic mass is 32.1. The Morgan fingerprint density at radius 2 is 1.92 bits per heavy atom. The number of hydrogen-bond acceptors (Lipinski definition) is 4. The van der Waals surface area contributed by atoms with Crippen molar-refractivity contribution in [2.75, 3.05) is 11.1 Å². The zero-order valence-electron chi connectivity index (χ0n) is 13.2. The van der Waals surface area contributed by atoms with E-state index in [9.17, 15) is 4.79 Å². The third-order valence-corrected chi connectivity index (χ3v) is 4.33. The van der Waals surface area contributed by atoms with Crippen molar-refractivity contribution in [1.29, 1.82) is 0 Å². The van der Waals surface area contributed by atoms with Crippen LogP contribution < -0.4 is 11.1 Å². The van der Waals surface area contributed by atoms with Gasteiger partial charge in [-0.25, -0.2) is 4.98 Å². The molecule has 0 radical (unpaired) electrons. The fraction of sp³-hybridized carbons (Fsp3) is 0.111. The van der Waals surface area contributed by atoms with Gasteiger partial charge in [-0.3, -0.25) is 4.79 Å². The molecule has 3 rings (SSSR count). The number of benzene rings is 2. The Morgan fingerprint density at radius 1 is 1.21 bits per heavy atom. The van der Waals surface area contributed by atoms with E-state index in [0.717, 1.165) is 11.4 Å². The predicted octanol–water partition coefficient (Wildman–Crippen LogP) is 3.27. The number of thiol groups is 1. The van der Waals surface area contributed by atoms with Crippen molar-refractivity contribution in [1.82, 2.24) is 9.55 Å². The molecule has 0 fully saturated rings. The summed E-state index contributed by atoms with van der Waals surface area (Å²) in [5.74, 6) is 0.653. The predicted molar refractivity (Wildman–Crippen MR) is 99.3 cm³/mol. The van der Waals surface area contributed by atoms with Crippen LogP contribution in [0, 0.1) is 0 Å². The lowest BCUT2D eigenvalue weighted by Gasteiger charge is -2.12. The molecule has 3 N–H and O–H groups in total. The number of carbonyl (C=O) groups is 1. The molecule has 122 valence electrons. The first-order valence-corrected chi connectivity index (χ1v) is 7.99. The first-order valence-electron chi connectivity index (χ1n) is 7.47. The van der Waals surface area contributed by atoms with Crippen molar-refractivity contribution >= 4 is 29.9 Å². The number of nitrogen functional groups attached to an aromatic ring is 1. The van der Waals surface area contributed by atoms with Crippen LogP contribution in [0.2, 0.25) is 0 Å². The maximum Gasteiger partial charge on any atom is 0.255 e. The fourth-order valence-corrected chi connectivity index (χ4v) is 2.83. The maximum atomic E-state index is 12.3. The minimum atomic E-state index is -0.202. The molecule has 3 aromatic rings. The quantitative estimate of drug-likeness (QED) is 0.505. The zero-order chi connectivity index (χ0) is 17.1. The number of aromatic nitrogens is 2. The summed E-state index contributed by atoms with van der Waals surface area (Å²) in [6.07, 6.45) is 3.62. The second-order valence-corrected chi connectivity index (χ2v) is 5.98. The Bertz CT molecular complexity index is 857. The second-order valence-electron chi connectivity index (χ2n) is 5.46. The molecule has 24 heavy (non-hydrogen) atoms. The molecular weight excluding hydrogens is 320 g/mol. The van der Waals surface area contributed by atoms with Crippen LogP contribution in [-0.2, 0) is 7.05 Å². The highest BCUT2D eigenvalue weighted by Crippen LogP contribution is 2.27. The molecule has 2 aromatic carbocycles. The molecule has 1 aromatic heterocycles. The average molecular weight is 338 g/mol. The second kappa shape index (κ2) is 6.80. The van der Waals surface area contributed by atoms with Crippen LogP contribution in [-0.4, -0.2) is 15.5 Å². The number of anilines is 2. The Hall–Kier alpha value is -2.73. The number of para-hydroxylation sites is 2. The molecule has 0 aliphatic carbocycles. The van der Waals surface area contributed by atoms with Gasteiger partial charge in [0.25, 0.3) is 5.91 Å². The van der Waals surface area contributed by atoms with Gasteiger partial charge in [0.15, 0.2) is 0 Å². The summed E-state index contributed by atoms with van der Waals surface area (Å²) in [5.41, 5.74) is 8.52. The number of hydrogen-bond donors (Lipinski definition) is 3. The molecule has 6 heteroatoms. The van der Waals surface area contributed by atoms with E-state index in [0.29, 0.717) is 16.9 Å². The molecular formula is C18H18N4OS. The largest absolute Gasteiger partial charge is 0.397 e. The number of nitrogens with two attached hydrogens (primary N) is 1. The van der Waals surface area contributed by atoms with E-state index in [-0.39, 0.29) is 11.2 Å². The topological polar surface area (TPSA) is 72.9 Å². The van der Waals surface area contributed by atoms with Gasteiger partial charge >= 0.3 is 0 Å². The van der Waals surface area contributed by atoms with Crippen LogP contribution in [0.4, 0.5) is 11.4 Å². The van der Waals surface area contributed by atoms with Crippen LogP contribution in [0.5, 0.6) is 0 Å². The van der Waals surface area contributed by atoms with E-state index in [2.05, 4.69) is 22.9 Å². The molecule has 0 saturated heterocycles. The third kappa shape index (κ3) is 3.28. The SMILES string of the molecule is Cn1ccnc1C(S)c1ccc(C(=O)Nc2ccccc2N)cc1. The summed E-state index contributed by atoms with van der Waals surface area (Å²) < 4.78 is 1.93. The van der Waals surface area contributed by atoms with Crippen molar-refractivity contribution in [2.45, 2.75) is 5.25 Å². The molecule has 0 bridgehead atoms.